The van der Waals surface area contributed by atoms with Crippen molar-refractivity contribution in [2.24, 2.45) is 5.92 Å². The highest BCUT2D eigenvalue weighted by atomic mass is 16.3. The van der Waals surface area contributed by atoms with Crippen LogP contribution in [0.25, 0.3) is 11.0 Å². The summed E-state index contributed by atoms with van der Waals surface area (Å²) >= 11 is 0. The molecule has 5 heteroatoms. The van der Waals surface area contributed by atoms with E-state index in [1.807, 2.05) is 35.2 Å². The van der Waals surface area contributed by atoms with Crippen molar-refractivity contribution in [1.29, 1.82) is 0 Å². The molecular weight excluding hydrogens is 326 g/mol. The number of benzene rings is 1. The van der Waals surface area contributed by atoms with Crippen LogP contribution in [0, 0.1) is 5.92 Å². The highest BCUT2D eigenvalue weighted by Gasteiger charge is 2.27. The topological polar surface area (TPSA) is 41.6 Å². The zero-order chi connectivity index (χ0) is 18.1. The molecule has 1 aliphatic rings. The van der Waals surface area contributed by atoms with E-state index in [1.165, 1.54) is 5.69 Å². The van der Waals surface area contributed by atoms with Crippen LogP contribution in [0.4, 0.5) is 0 Å². The van der Waals surface area contributed by atoms with E-state index in [0.717, 1.165) is 37.0 Å². The van der Waals surface area contributed by atoms with Gasteiger partial charge in [0.25, 0.3) is 5.91 Å². The van der Waals surface area contributed by atoms with E-state index in [9.17, 15) is 4.79 Å². The first-order chi connectivity index (χ1) is 12.6. The van der Waals surface area contributed by atoms with Crippen molar-refractivity contribution in [2.75, 3.05) is 27.2 Å². The van der Waals surface area contributed by atoms with Gasteiger partial charge in [-0.05, 0) is 57.2 Å². The molecule has 1 aromatic carbocycles. The van der Waals surface area contributed by atoms with E-state index >= 15 is 0 Å². The Balaban J connectivity index is 1.59. The highest BCUT2D eigenvalue weighted by Crippen LogP contribution is 2.24. The van der Waals surface area contributed by atoms with Gasteiger partial charge < -0.3 is 18.8 Å². The summed E-state index contributed by atoms with van der Waals surface area (Å²) in [5.74, 6) is 0.836. The molecule has 136 valence electrons. The highest BCUT2D eigenvalue weighted by molar-refractivity contribution is 5.96. The van der Waals surface area contributed by atoms with Crippen molar-refractivity contribution < 1.29 is 9.21 Å². The lowest BCUT2D eigenvalue weighted by molar-refractivity contribution is 0.0686. The number of furan rings is 1. The molecule has 0 saturated carbocycles. The van der Waals surface area contributed by atoms with Crippen LogP contribution in [0.2, 0.25) is 0 Å². The quantitative estimate of drug-likeness (QED) is 0.723. The molecule has 0 aliphatic carbocycles. The van der Waals surface area contributed by atoms with Crippen molar-refractivity contribution in [2.45, 2.75) is 19.5 Å². The number of para-hydroxylation sites is 1. The van der Waals surface area contributed by atoms with Crippen LogP contribution in [0.1, 0.15) is 22.7 Å². The van der Waals surface area contributed by atoms with E-state index in [4.69, 9.17) is 4.42 Å². The maximum absolute atomic E-state index is 13.1. The molecule has 4 rings (SSSR count). The van der Waals surface area contributed by atoms with Crippen molar-refractivity contribution in [3.63, 3.8) is 0 Å². The van der Waals surface area contributed by atoms with Crippen LogP contribution in [0.5, 0.6) is 0 Å². The minimum Gasteiger partial charge on any atom is -0.451 e. The Morgan fingerprint density at radius 1 is 1.19 bits per heavy atom. The molecule has 1 atom stereocenters. The van der Waals surface area contributed by atoms with Crippen molar-refractivity contribution in [3.8, 4) is 0 Å². The molecule has 3 aromatic rings. The third-order valence-corrected chi connectivity index (χ3v) is 5.12. The Kier molecular flexibility index (Phi) is 4.55. The van der Waals surface area contributed by atoms with E-state index in [1.54, 1.807) is 0 Å². The van der Waals surface area contributed by atoms with Gasteiger partial charge in [-0.1, -0.05) is 18.2 Å². The minimum atomic E-state index is -0.0225. The van der Waals surface area contributed by atoms with Gasteiger partial charge in [0.1, 0.15) is 5.58 Å². The van der Waals surface area contributed by atoms with Crippen LogP contribution in [-0.4, -0.2) is 47.5 Å². The first-order valence-corrected chi connectivity index (χ1v) is 9.17. The number of carbonyl (C=O) groups excluding carboxylic acids is 1. The first-order valence-electron chi connectivity index (χ1n) is 9.17. The molecule has 3 heterocycles. The molecule has 2 aromatic heterocycles. The lowest BCUT2D eigenvalue weighted by Crippen LogP contribution is -2.34. The summed E-state index contributed by atoms with van der Waals surface area (Å²) in [6.45, 7) is 3.36. The number of fused-ring (bicyclic) bond motifs is 2. The van der Waals surface area contributed by atoms with E-state index in [2.05, 4.69) is 41.9 Å². The SMILES string of the molecule is CN(C)CC[C@@H]1CN(C(=O)c2cc3ccccc3o2)Cc2cccn2C1. The van der Waals surface area contributed by atoms with Gasteiger partial charge in [0.05, 0.1) is 6.54 Å². The molecular formula is C21H25N3O2. The molecule has 0 unspecified atom stereocenters. The second-order valence-electron chi connectivity index (χ2n) is 7.44. The number of hydrogen-bond acceptors (Lipinski definition) is 3. The zero-order valence-electron chi connectivity index (χ0n) is 15.4. The molecule has 1 amide bonds. The van der Waals surface area contributed by atoms with Crippen LogP contribution < -0.4 is 0 Å². The Morgan fingerprint density at radius 2 is 2.04 bits per heavy atom. The van der Waals surface area contributed by atoms with Gasteiger partial charge >= 0.3 is 0 Å². The van der Waals surface area contributed by atoms with Gasteiger partial charge in [-0.15, -0.1) is 0 Å². The predicted molar refractivity (Wildman–Crippen MR) is 102 cm³/mol. The number of rotatable bonds is 4. The molecule has 5 nitrogen and oxygen atoms in total. The first kappa shape index (κ1) is 16.9. The summed E-state index contributed by atoms with van der Waals surface area (Å²) in [6, 6.07) is 13.8. The zero-order valence-corrected chi connectivity index (χ0v) is 15.4. The van der Waals surface area contributed by atoms with Gasteiger partial charge in [-0.25, -0.2) is 0 Å². The lowest BCUT2D eigenvalue weighted by Gasteiger charge is -2.24. The van der Waals surface area contributed by atoms with Crippen molar-refractivity contribution in [1.82, 2.24) is 14.4 Å². The normalized spacial score (nSPS) is 17.5. The van der Waals surface area contributed by atoms with Gasteiger partial charge in [-0.2, -0.15) is 0 Å². The van der Waals surface area contributed by atoms with Gasteiger partial charge in [0.2, 0.25) is 0 Å². The molecule has 26 heavy (non-hydrogen) atoms. The Labute approximate surface area is 153 Å². The average Bonchev–Trinajstić information content (AvgIpc) is 3.21. The van der Waals surface area contributed by atoms with Crippen LogP contribution in [0.15, 0.2) is 53.1 Å². The Bertz CT molecular complexity index is 876. The predicted octanol–water partition coefficient (Wildman–Crippen LogP) is 3.46. The molecule has 0 N–H and O–H groups in total. The fourth-order valence-corrected chi connectivity index (χ4v) is 3.70. The lowest BCUT2D eigenvalue weighted by atomic mass is 10.0. The number of aromatic nitrogens is 1. The van der Waals surface area contributed by atoms with Crippen LogP contribution in [-0.2, 0) is 13.1 Å². The van der Waals surface area contributed by atoms with Gasteiger partial charge in [-0.3, -0.25) is 4.79 Å². The fraction of sp³-hybridized carbons (Fsp3) is 0.381. The van der Waals surface area contributed by atoms with Gasteiger partial charge in [0, 0.05) is 30.4 Å². The third-order valence-electron chi connectivity index (χ3n) is 5.12. The minimum absolute atomic E-state index is 0.0225. The molecule has 0 spiro atoms. The van der Waals surface area contributed by atoms with Crippen LogP contribution >= 0.6 is 0 Å². The summed E-state index contributed by atoms with van der Waals surface area (Å²) in [5, 5.41) is 0.971. The van der Waals surface area contributed by atoms with E-state index in [0.29, 0.717) is 18.2 Å². The number of carbonyl (C=O) groups is 1. The summed E-state index contributed by atoms with van der Waals surface area (Å²) < 4.78 is 8.10. The summed E-state index contributed by atoms with van der Waals surface area (Å²) in [5.41, 5.74) is 1.94. The largest absolute Gasteiger partial charge is 0.451 e. The van der Waals surface area contributed by atoms with Gasteiger partial charge in [0.15, 0.2) is 5.76 Å². The molecule has 0 bridgehead atoms. The maximum Gasteiger partial charge on any atom is 0.289 e. The fourth-order valence-electron chi connectivity index (χ4n) is 3.70. The monoisotopic (exact) mass is 351 g/mol. The summed E-state index contributed by atoms with van der Waals surface area (Å²) in [6.07, 6.45) is 3.18. The standard InChI is InChI=1S/C21H25N3O2/c1-22(2)11-9-16-13-23-10-5-7-18(23)15-24(14-16)21(25)20-12-17-6-3-4-8-19(17)26-20/h3-8,10,12,16H,9,11,13-15H2,1-2H3/t16-/m0/s1. The van der Waals surface area contributed by atoms with Crippen molar-refractivity contribution >= 4 is 16.9 Å². The van der Waals surface area contributed by atoms with Crippen LogP contribution in [0.3, 0.4) is 0 Å². The summed E-state index contributed by atoms with van der Waals surface area (Å²) in [7, 11) is 4.18. The average molecular weight is 351 g/mol. The Hall–Kier alpha value is -2.53. The second-order valence-corrected chi connectivity index (χ2v) is 7.44. The second kappa shape index (κ2) is 7.00. The Morgan fingerprint density at radius 3 is 2.85 bits per heavy atom. The smallest absolute Gasteiger partial charge is 0.289 e. The maximum atomic E-state index is 13.1. The molecule has 0 saturated heterocycles. The van der Waals surface area contributed by atoms with E-state index < -0.39 is 0 Å². The number of nitrogens with zero attached hydrogens (tertiary/aromatic N) is 3. The molecule has 1 aliphatic heterocycles. The number of hydrogen-bond donors (Lipinski definition) is 0. The molecule has 0 radical (unpaired) electrons. The van der Waals surface area contributed by atoms with E-state index in [-0.39, 0.29) is 5.91 Å². The third kappa shape index (κ3) is 3.40. The summed E-state index contributed by atoms with van der Waals surface area (Å²) in [4.78, 5) is 17.3. The molecule has 0 fully saturated rings. The van der Waals surface area contributed by atoms with Crippen molar-refractivity contribution in [3.05, 3.63) is 60.1 Å². The number of amides is 1.